The Bertz CT molecular complexity index is 530. The van der Waals surface area contributed by atoms with Crippen molar-refractivity contribution in [2.24, 2.45) is 0 Å². The Kier molecular flexibility index (Phi) is 2.07. The van der Waals surface area contributed by atoms with Crippen molar-refractivity contribution < 1.29 is 0 Å². The molecule has 0 radical (unpaired) electrons. The van der Waals surface area contributed by atoms with E-state index in [9.17, 15) is 0 Å². The molecule has 4 nitrogen and oxygen atoms in total. The van der Waals surface area contributed by atoms with Crippen molar-refractivity contribution in [1.29, 1.82) is 0 Å². The Labute approximate surface area is 98.6 Å². The lowest BCUT2D eigenvalue weighted by atomic mass is 9.79. The monoisotopic (exact) mass is 236 g/mol. The van der Waals surface area contributed by atoms with Crippen LogP contribution in [0.3, 0.4) is 0 Å². The van der Waals surface area contributed by atoms with Gasteiger partial charge in [-0.25, -0.2) is 4.52 Å². The first-order chi connectivity index (χ1) is 7.65. The summed E-state index contributed by atoms with van der Waals surface area (Å²) in [6.07, 6.45) is 5.41. The molecule has 0 saturated heterocycles. The SMILES string of the molecule is CC1(Nc2nc3ccc(Cl)cn3n2)CCC1. The van der Waals surface area contributed by atoms with Crippen LogP contribution in [0, 0.1) is 0 Å². The van der Waals surface area contributed by atoms with E-state index in [1.54, 1.807) is 10.7 Å². The number of nitrogens with zero attached hydrogens (tertiary/aromatic N) is 3. The molecule has 0 unspecified atom stereocenters. The molecule has 2 aromatic rings. The van der Waals surface area contributed by atoms with Gasteiger partial charge < -0.3 is 5.32 Å². The van der Waals surface area contributed by atoms with Crippen LogP contribution in [0.25, 0.3) is 5.65 Å². The number of anilines is 1. The van der Waals surface area contributed by atoms with Crippen molar-refractivity contribution in [3.63, 3.8) is 0 Å². The Morgan fingerprint density at radius 2 is 2.25 bits per heavy atom. The number of pyridine rings is 1. The molecule has 16 heavy (non-hydrogen) atoms. The van der Waals surface area contributed by atoms with Gasteiger partial charge in [0, 0.05) is 11.7 Å². The Hall–Kier alpha value is -1.29. The molecule has 2 aromatic heterocycles. The number of aromatic nitrogens is 3. The second-order valence-electron chi connectivity index (χ2n) is 4.62. The summed E-state index contributed by atoms with van der Waals surface area (Å²) in [5.74, 6) is 0.685. The molecule has 0 bridgehead atoms. The first kappa shape index (κ1) is 9.90. The molecular weight excluding hydrogens is 224 g/mol. The van der Waals surface area contributed by atoms with Gasteiger partial charge in [0.05, 0.1) is 5.02 Å². The van der Waals surface area contributed by atoms with E-state index in [0.717, 1.165) is 5.65 Å². The van der Waals surface area contributed by atoms with Gasteiger partial charge in [-0.3, -0.25) is 0 Å². The van der Waals surface area contributed by atoms with Crippen molar-refractivity contribution in [1.82, 2.24) is 14.6 Å². The van der Waals surface area contributed by atoms with Crippen molar-refractivity contribution in [3.05, 3.63) is 23.4 Å². The van der Waals surface area contributed by atoms with Gasteiger partial charge in [-0.15, -0.1) is 5.10 Å². The molecule has 0 spiro atoms. The molecule has 0 aromatic carbocycles. The summed E-state index contributed by atoms with van der Waals surface area (Å²) >= 11 is 5.89. The minimum absolute atomic E-state index is 0.175. The molecule has 3 rings (SSSR count). The van der Waals surface area contributed by atoms with E-state index in [1.165, 1.54) is 19.3 Å². The van der Waals surface area contributed by atoms with Crippen molar-refractivity contribution in [3.8, 4) is 0 Å². The summed E-state index contributed by atoms with van der Waals surface area (Å²) in [6, 6.07) is 3.68. The maximum absolute atomic E-state index is 5.89. The van der Waals surface area contributed by atoms with E-state index >= 15 is 0 Å². The summed E-state index contributed by atoms with van der Waals surface area (Å²) in [7, 11) is 0. The fraction of sp³-hybridized carbons (Fsp3) is 0.455. The first-order valence-corrected chi connectivity index (χ1v) is 5.83. The zero-order chi connectivity index (χ0) is 11.2. The summed E-state index contributed by atoms with van der Waals surface area (Å²) in [4.78, 5) is 4.40. The van der Waals surface area contributed by atoms with Crippen LogP contribution in [0.5, 0.6) is 0 Å². The maximum atomic E-state index is 5.89. The number of nitrogens with one attached hydrogen (secondary N) is 1. The quantitative estimate of drug-likeness (QED) is 0.872. The fourth-order valence-electron chi connectivity index (χ4n) is 2.01. The van der Waals surface area contributed by atoms with Gasteiger partial charge in [0.25, 0.3) is 0 Å². The minimum atomic E-state index is 0.175. The molecule has 84 valence electrons. The topological polar surface area (TPSA) is 42.2 Å². The lowest BCUT2D eigenvalue weighted by Crippen LogP contribution is -2.41. The van der Waals surface area contributed by atoms with Crippen LogP contribution < -0.4 is 5.32 Å². The van der Waals surface area contributed by atoms with E-state index in [2.05, 4.69) is 22.3 Å². The predicted octanol–water partition coefficient (Wildman–Crippen LogP) is 2.74. The molecule has 1 N–H and O–H groups in total. The highest BCUT2D eigenvalue weighted by molar-refractivity contribution is 6.30. The van der Waals surface area contributed by atoms with Crippen molar-refractivity contribution in [2.45, 2.75) is 31.7 Å². The van der Waals surface area contributed by atoms with Crippen LogP contribution in [-0.4, -0.2) is 20.1 Å². The maximum Gasteiger partial charge on any atom is 0.243 e. The van der Waals surface area contributed by atoms with E-state index in [1.807, 2.05) is 12.1 Å². The Balaban J connectivity index is 1.93. The number of halogens is 1. The molecule has 0 aliphatic heterocycles. The van der Waals surface area contributed by atoms with Crippen LogP contribution in [-0.2, 0) is 0 Å². The second kappa shape index (κ2) is 3.35. The highest BCUT2D eigenvalue weighted by atomic mass is 35.5. The van der Waals surface area contributed by atoms with Gasteiger partial charge in [-0.1, -0.05) is 11.6 Å². The highest BCUT2D eigenvalue weighted by Crippen LogP contribution is 2.33. The van der Waals surface area contributed by atoms with Gasteiger partial charge in [-0.05, 0) is 38.3 Å². The number of hydrogen-bond acceptors (Lipinski definition) is 3. The molecule has 1 saturated carbocycles. The first-order valence-electron chi connectivity index (χ1n) is 5.45. The van der Waals surface area contributed by atoms with Crippen LogP contribution in [0.1, 0.15) is 26.2 Å². The van der Waals surface area contributed by atoms with Gasteiger partial charge in [0.1, 0.15) is 0 Å². The molecule has 2 heterocycles. The van der Waals surface area contributed by atoms with E-state index in [4.69, 9.17) is 11.6 Å². The third kappa shape index (κ3) is 1.63. The third-order valence-corrected chi connectivity index (χ3v) is 3.39. The fourth-order valence-corrected chi connectivity index (χ4v) is 2.17. The molecule has 1 aliphatic rings. The van der Waals surface area contributed by atoms with Gasteiger partial charge in [0.15, 0.2) is 5.65 Å². The third-order valence-electron chi connectivity index (χ3n) is 3.17. The van der Waals surface area contributed by atoms with Crippen molar-refractivity contribution >= 4 is 23.2 Å². The summed E-state index contributed by atoms with van der Waals surface area (Å²) < 4.78 is 1.70. The van der Waals surface area contributed by atoms with Gasteiger partial charge >= 0.3 is 0 Å². The zero-order valence-electron chi connectivity index (χ0n) is 9.07. The van der Waals surface area contributed by atoms with E-state index < -0.39 is 0 Å². The van der Waals surface area contributed by atoms with Crippen LogP contribution in [0.15, 0.2) is 18.3 Å². The molecule has 5 heteroatoms. The molecular formula is C11H13ClN4. The average molecular weight is 237 g/mol. The highest BCUT2D eigenvalue weighted by Gasteiger charge is 2.32. The smallest absolute Gasteiger partial charge is 0.243 e. The number of hydrogen-bond donors (Lipinski definition) is 1. The second-order valence-corrected chi connectivity index (χ2v) is 5.06. The van der Waals surface area contributed by atoms with Gasteiger partial charge in [0.2, 0.25) is 5.95 Å². The van der Waals surface area contributed by atoms with Crippen molar-refractivity contribution in [2.75, 3.05) is 5.32 Å². The zero-order valence-corrected chi connectivity index (χ0v) is 9.83. The van der Waals surface area contributed by atoms with E-state index in [-0.39, 0.29) is 5.54 Å². The van der Waals surface area contributed by atoms with Crippen LogP contribution in [0.2, 0.25) is 5.02 Å². The molecule has 0 amide bonds. The largest absolute Gasteiger partial charge is 0.348 e. The lowest BCUT2D eigenvalue weighted by Gasteiger charge is -2.38. The van der Waals surface area contributed by atoms with E-state index in [0.29, 0.717) is 11.0 Å². The predicted molar refractivity (Wildman–Crippen MR) is 63.9 cm³/mol. The summed E-state index contributed by atoms with van der Waals surface area (Å²) in [6.45, 7) is 2.20. The van der Waals surface area contributed by atoms with Crippen LogP contribution in [0.4, 0.5) is 5.95 Å². The summed E-state index contributed by atoms with van der Waals surface area (Å²) in [5, 5.41) is 8.39. The van der Waals surface area contributed by atoms with Crippen LogP contribution >= 0.6 is 11.6 Å². The number of rotatable bonds is 2. The summed E-state index contributed by atoms with van der Waals surface area (Å²) in [5.41, 5.74) is 0.990. The number of fused-ring (bicyclic) bond motifs is 1. The molecule has 0 atom stereocenters. The normalized spacial score (nSPS) is 18.4. The lowest BCUT2D eigenvalue weighted by molar-refractivity contribution is 0.305. The molecule has 1 aliphatic carbocycles. The van der Waals surface area contributed by atoms with Gasteiger partial charge in [-0.2, -0.15) is 4.98 Å². The average Bonchev–Trinajstić information content (AvgIpc) is 2.56. The molecule has 1 fully saturated rings. The standard InChI is InChI=1S/C11H13ClN4/c1-11(5-2-6-11)14-10-13-9-4-3-8(12)7-16(9)15-10/h3-4,7H,2,5-6H2,1H3,(H,14,15). The minimum Gasteiger partial charge on any atom is -0.348 e. The Morgan fingerprint density at radius 1 is 1.44 bits per heavy atom. The Morgan fingerprint density at radius 3 is 2.94 bits per heavy atom.